The van der Waals surface area contributed by atoms with Gasteiger partial charge >= 0.3 is 11.8 Å². The van der Waals surface area contributed by atoms with E-state index in [1.807, 2.05) is 0 Å². The second kappa shape index (κ2) is 3.30. The number of hydrogen-bond acceptors (Lipinski definition) is 4. The molecule has 0 bridgehead atoms. The molecule has 0 aromatic heterocycles. The molecular weight excluding hydrogens is 212 g/mol. The van der Waals surface area contributed by atoms with E-state index in [-0.39, 0.29) is 0 Å². The van der Waals surface area contributed by atoms with E-state index in [0.717, 1.165) is 0 Å². The second-order valence-electron chi connectivity index (χ2n) is 2.90. The van der Waals surface area contributed by atoms with Gasteiger partial charge < -0.3 is 20.1 Å². The molecular formula is C6H8F4O4. The van der Waals surface area contributed by atoms with Crippen LogP contribution in [0.5, 0.6) is 0 Å². The van der Waals surface area contributed by atoms with Crippen LogP contribution in [-0.4, -0.2) is 52.3 Å². The van der Waals surface area contributed by atoms with Crippen LogP contribution in [0.3, 0.4) is 0 Å². The minimum atomic E-state index is -4.88. The van der Waals surface area contributed by atoms with Gasteiger partial charge in [0, 0.05) is 0 Å². The molecule has 0 aromatic rings. The van der Waals surface area contributed by atoms with Crippen LogP contribution in [0.2, 0.25) is 0 Å². The monoisotopic (exact) mass is 220 g/mol. The van der Waals surface area contributed by atoms with Crippen LogP contribution in [0.25, 0.3) is 0 Å². The van der Waals surface area contributed by atoms with Crippen molar-refractivity contribution < 1.29 is 37.6 Å². The lowest BCUT2D eigenvalue weighted by atomic mass is 9.97. The molecule has 3 N–H and O–H groups in total. The van der Waals surface area contributed by atoms with Gasteiger partial charge in [0.1, 0.15) is 6.10 Å². The summed E-state index contributed by atoms with van der Waals surface area (Å²) in [7, 11) is 0. The Bertz CT molecular complexity index is 222. The van der Waals surface area contributed by atoms with Crippen LogP contribution in [0.15, 0.2) is 0 Å². The zero-order chi connectivity index (χ0) is 11.1. The normalized spacial score (nSPS) is 40.9. The first kappa shape index (κ1) is 11.6. The summed E-state index contributed by atoms with van der Waals surface area (Å²) in [5.41, 5.74) is 0. The Kier molecular flexibility index (Phi) is 2.74. The summed E-state index contributed by atoms with van der Waals surface area (Å²) in [5.74, 6) is -9.71. The van der Waals surface area contributed by atoms with Crippen LogP contribution in [0.1, 0.15) is 0 Å². The molecule has 4 nitrogen and oxygen atoms in total. The molecule has 14 heavy (non-hydrogen) atoms. The highest BCUT2D eigenvalue weighted by atomic mass is 19.3. The van der Waals surface area contributed by atoms with Crippen molar-refractivity contribution in [2.45, 2.75) is 30.3 Å². The van der Waals surface area contributed by atoms with E-state index in [2.05, 4.69) is 4.74 Å². The van der Waals surface area contributed by atoms with Crippen molar-refractivity contribution in [3.05, 3.63) is 0 Å². The summed E-state index contributed by atoms with van der Waals surface area (Å²) >= 11 is 0. The Labute approximate surface area is 75.7 Å². The van der Waals surface area contributed by atoms with Crippen molar-refractivity contribution in [1.82, 2.24) is 0 Å². The maximum atomic E-state index is 12.7. The van der Waals surface area contributed by atoms with E-state index in [9.17, 15) is 17.6 Å². The maximum absolute atomic E-state index is 12.7. The van der Waals surface area contributed by atoms with Gasteiger partial charge in [0.05, 0.1) is 6.61 Å². The van der Waals surface area contributed by atoms with Crippen molar-refractivity contribution in [2.24, 2.45) is 0 Å². The number of hydrogen-bond donors (Lipinski definition) is 3. The summed E-state index contributed by atoms with van der Waals surface area (Å²) in [4.78, 5) is 0. The summed E-state index contributed by atoms with van der Waals surface area (Å²) in [5, 5.41) is 25.6. The molecule has 0 radical (unpaired) electrons. The molecule has 1 unspecified atom stereocenters. The van der Waals surface area contributed by atoms with Crippen molar-refractivity contribution in [3.8, 4) is 0 Å². The van der Waals surface area contributed by atoms with E-state index in [0.29, 0.717) is 0 Å². The van der Waals surface area contributed by atoms with E-state index < -0.39 is 36.9 Å². The third-order valence-electron chi connectivity index (χ3n) is 1.96. The van der Waals surface area contributed by atoms with Gasteiger partial charge in [-0.2, -0.15) is 17.6 Å². The molecule has 3 atom stereocenters. The Morgan fingerprint density at radius 3 is 2.00 bits per heavy atom. The lowest BCUT2D eigenvalue weighted by Gasteiger charge is -2.41. The molecule has 0 aromatic carbocycles. The minimum Gasteiger partial charge on any atom is -0.394 e. The molecule has 84 valence electrons. The van der Waals surface area contributed by atoms with Crippen molar-refractivity contribution >= 4 is 0 Å². The largest absolute Gasteiger partial charge is 0.394 e. The standard InChI is InChI=1S/C6H8F4O4/c7-5(8)3(12)2(1-11)14-4(13)6(5,9)10/h2-4,11-13H,1H2/t2-,3-,4?/m1/s1. The van der Waals surface area contributed by atoms with Crippen molar-refractivity contribution in [2.75, 3.05) is 6.61 Å². The maximum Gasteiger partial charge on any atom is 0.362 e. The topological polar surface area (TPSA) is 69.9 Å². The van der Waals surface area contributed by atoms with Crippen molar-refractivity contribution in [1.29, 1.82) is 0 Å². The summed E-state index contributed by atoms with van der Waals surface area (Å²) < 4.78 is 54.5. The molecule has 8 heteroatoms. The fourth-order valence-corrected chi connectivity index (χ4v) is 1.06. The Morgan fingerprint density at radius 2 is 1.57 bits per heavy atom. The van der Waals surface area contributed by atoms with Gasteiger partial charge in [-0.1, -0.05) is 0 Å². The molecule has 1 rings (SSSR count). The van der Waals surface area contributed by atoms with Crippen LogP contribution >= 0.6 is 0 Å². The quantitative estimate of drug-likeness (QED) is 0.512. The summed E-state index contributed by atoms with van der Waals surface area (Å²) in [6.45, 7) is -1.09. The smallest absolute Gasteiger partial charge is 0.362 e. The van der Waals surface area contributed by atoms with Crippen LogP contribution in [0, 0.1) is 0 Å². The Morgan fingerprint density at radius 1 is 1.07 bits per heavy atom. The Balaban J connectivity index is 2.98. The van der Waals surface area contributed by atoms with Gasteiger partial charge in [0.25, 0.3) is 0 Å². The molecule has 1 aliphatic heterocycles. The number of alkyl halides is 4. The predicted octanol–water partition coefficient (Wildman–Crippen LogP) is -0.673. The van der Waals surface area contributed by atoms with E-state index in [1.54, 1.807) is 0 Å². The van der Waals surface area contributed by atoms with Gasteiger partial charge in [0.15, 0.2) is 6.10 Å². The fourth-order valence-electron chi connectivity index (χ4n) is 1.06. The van der Waals surface area contributed by atoms with E-state index in [4.69, 9.17) is 15.3 Å². The zero-order valence-corrected chi connectivity index (χ0v) is 6.70. The van der Waals surface area contributed by atoms with Crippen LogP contribution in [0.4, 0.5) is 17.6 Å². The third-order valence-corrected chi connectivity index (χ3v) is 1.96. The number of aliphatic hydroxyl groups is 3. The highest BCUT2D eigenvalue weighted by molar-refractivity contribution is 5.00. The number of ether oxygens (including phenoxy) is 1. The number of rotatable bonds is 1. The number of halogens is 4. The first-order valence-corrected chi connectivity index (χ1v) is 3.63. The average molecular weight is 220 g/mol. The van der Waals surface area contributed by atoms with E-state index in [1.165, 1.54) is 0 Å². The first-order valence-electron chi connectivity index (χ1n) is 3.63. The SMILES string of the molecule is OC[C@H]1OC(O)C(F)(F)C(F)(F)[C@@H]1O. The van der Waals surface area contributed by atoms with Gasteiger partial charge in [-0.3, -0.25) is 0 Å². The molecule has 0 amide bonds. The first-order chi connectivity index (χ1) is 6.25. The molecule has 1 heterocycles. The minimum absolute atomic E-state index is 1.09. The van der Waals surface area contributed by atoms with Crippen molar-refractivity contribution in [3.63, 3.8) is 0 Å². The molecule has 1 saturated heterocycles. The van der Waals surface area contributed by atoms with Gasteiger partial charge in [-0.25, -0.2) is 0 Å². The molecule has 0 spiro atoms. The Hall–Kier alpha value is -0.440. The van der Waals surface area contributed by atoms with Crippen LogP contribution < -0.4 is 0 Å². The zero-order valence-electron chi connectivity index (χ0n) is 6.70. The highest BCUT2D eigenvalue weighted by Gasteiger charge is 2.70. The lowest BCUT2D eigenvalue weighted by molar-refractivity contribution is -0.395. The lowest BCUT2D eigenvalue weighted by Crippen LogP contribution is -2.66. The second-order valence-corrected chi connectivity index (χ2v) is 2.90. The summed E-state index contributed by atoms with van der Waals surface area (Å²) in [6.07, 6.45) is -7.83. The van der Waals surface area contributed by atoms with Gasteiger partial charge in [-0.15, -0.1) is 0 Å². The molecule has 1 fully saturated rings. The molecule has 0 aliphatic carbocycles. The fraction of sp³-hybridized carbons (Fsp3) is 1.00. The number of aliphatic hydroxyl groups excluding tert-OH is 3. The van der Waals surface area contributed by atoms with E-state index >= 15 is 0 Å². The molecule has 1 aliphatic rings. The van der Waals surface area contributed by atoms with Gasteiger partial charge in [0.2, 0.25) is 6.29 Å². The third kappa shape index (κ3) is 1.38. The highest BCUT2D eigenvalue weighted by Crippen LogP contribution is 2.45. The predicted molar refractivity (Wildman–Crippen MR) is 33.9 cm³/mol. The van der Waals surface area contributed by atoms with Gasteiger partial charge in [-0.05, 0) is 0 Å². The average Bonchev–Trinajstić information content (AvgIpc) is 2.10. The van der Waals surface area contributed by atoms with Crippen LogP contribution in [-0.2, 0) is 4.74 Å². The summed E-state index contributed by atoms with van der Waals surface area (Å²) in [6, 6.07) is 0. The molecule has 0 saturated carbocycles.